The third kappa shape index (κ3) is 2.37. The van der Waals surface area contributed by atoms with Crippen LogP contribution in [0.4, 0.5) is 4.39 Å². The number of carbonyl (C=O) groups excluding carboxylic acids is 1. The summed E-state index contributed by atoms with van der Waals surface area (Å²) in [4.78, 5) is 11.0. The van der Waals surface area contributed by atoms with E-state index in [2.05, 4.69) is 0 Å². The van der Waals surface area contributed by atoms with Crippen molar-refractivity contribution < 1.29 is 13.6 Å². The zero-order valence-electron chi connectivity index (χ0n) is 8.87. The van der Waals surface area contributed by atoms with Crippen LogP contribution in [-0.4, -0.2) is 5.78 Å². The van der Waals surface area contributed by atoms with E-state index >= 15 is 0 Å². The van der Waals surface area contributed by atoms with Crippen molar-refractivity contribution in [2.24, 2.45) is 0 Å². The van der Waals surface area contributed by atoms with Crippen LogP contribution in [0, 0.1) is 5.82 Å². The number of ketones is 1. The third-order valence-corrected chi connectivity index (χ3v) is 2.28. The minimum Gasteiger partial charge on any atom is -0.458 e. The van der Waals surface area contributed by atoms with E-state index in [1.54, 1.807) is 18.2 Å². The van der Waals surface area contributed by atoms with Gasteiger partial charge in [-0.3, -0.25) is 4.79 Å². The van der Waals surface area contributed by atoms with Crippen LogP contribution in [0.3, 0.4) is 0 Å². The summed E-state index contributed by atoms with van der Waals surface area (Å²) >= 11 is 0. The molecule has 0 N–H and O–H groups in total. The first-order chi connectivity index (χ1) is 7.65. The Hall–Kier alpha value is -1.90. The van der Waals surface area contributed by atoms with Crippen molar-refractivity contribution in [3.63, 3.8) is 0 Å². The second-order valence-corrected chi connectivity index (χ2v) is 3.63. The summed E-state index contributed by atoms with van der Waals surface area (Å²) < 4.78 is 18.2. The molecule has 0 radical (unpaired) electrons. The van der Waals surface area contributed by atoms with Crippen LogP contribution in [0.5, 0.6) is 0 Å². The summed E-state index contributed by atoms with van der Waals surface area (Å²) in [5, 5.41) is 0. The molecular formula is C13H11FO2. The van der Waals surface area contributed by atoms with Crippen molar-refractivity contribution in [3.05, 3.63) is 59.3 Å². The molecule has 0 aliphatic carbocycles. The Morgan fingerprint density at radius 3 is 2.75 bits per heavy atom. The van der Waals surface area contributed by atoms with E-state index in [1.807, 2.05) is 6.07 Å². The summed E-state index contributed by atoms with van der Waals surface area (Å²) in [6.07, 6.45) is 0.491. The normalized spacial score (nSPS) is 10.4. The Kier molecular flexibility index (Phi) is 2.86. The second kappa shape index (κ2) is 4.31. The molecule has 0 amide bonds. The summed E-state index contributed by atoms with van der Waals surface area (Å²) in [6.45, 7) is 1.45. The van der Waals surface area contributed by atoms with Gasteiger partial charge in [-0.1, -0.05) is 12.1 Å². The van der Waals surface area contributed by atoms with Crippen molar-refractivity contribution >= 4 is 5.78 Å². The molecule has 0 saturated carbocycles. The Balaban J connectivity index is 2.17. The summed E-state index contributed by atoms with van der Waals surface area (Å²) in [5.41, 5.74) is 0.824. The lowest BCUT2D eigenvalue weighted by Crippen LogP contribution is -1.88. The van der Waals surface area contributed by atoms with Gasteiger partial charge in [-0.2, -0.15) is 0 Å². The molecule has 0 saturated heterocycles. The van der Waals surface area contributed by atoms with Crippen LogP contribution in [-0.2, 0) is 6.42 Å². The number of hydrogen-bond acceptors (Lipinski definition) is 2. The quantitative estimate of drug-likeness (QED) is 0.740. The van der Waals surface area contributed by atoms with Crippen molar-refractivity contribution in [3.8, 4) is 0 Å². The van der Waals surface area contributed by atoms with Gasteiger partial charge in [0, 0.05) is 13.3 Å². The Morgan fingerprint density at radius 1 is 1.31 bits per heavy atom. The Morgan fingerprint density at radius 2 is 2.12 bits per heavy atom. The van der Waals surface area contributed by atoms with Gasteiger partial charge < -0.3 is 4.42 Å². The van der Waals surface area contributed by atoms with Crippen molar-refractivity contribution in [1.29, 1.82) is 0 Å². The predicted molar refractivity (Wildman–Crippen MR) is 57.9 cm³/mol. The fourth-order valence-corrected chi connectivity index (χ4v) is 1.51. The largest absolute Gasteiger partial charge is 0.458 e. The predicted octanol–water partition coefficient (Wildman–Crippen LogP) is 3.21. The molecule has 0 bridgehead atoms. The highest BCUT2D eigenvalue weighted by Gasteiger charge is 2.06. The van der Waals surface area contributed by atoms with Crippen LogP contribution < -0.4 is 0 Å². The standard InChI is InChI=1S/C13H11FO2/c1-9(15)13-6-5-12(16-13)8-10-3-2-4-11(14)7-10/h2-7H,8H2,1H3. The SMILES string of the molecule is CC(=O)c1ccc(Cc2cccc(F)c2)o1. The Labute approximate surface area is 92.7 Å². The zero-order chi connectivity index (χ0) is 11.5. The molecule has 1 aromatic carbocycles. The number of Topliss-reactive ketones (excluding diaryl/α,β-unsaturated/α-hetero) is 1. The van der Waals surface area contributed by atoms with E-state index in [0.29, 0.717) is 17.9 Å². The van der Waals surface area contributed by atoms with E-state index in [0.717, 1.165) is 5.56 Å². The minimum atomic E-state index is -0.268. The number of benzene rings is 1. The van der Waals surface area contributed by atoms with E-state index in [1.165, 1.54) is 19.1 Å². The zero-order valence-corrected chi connectivity index (χ0v) is 8.87. The highest BCUT2D eigenvalue weighted by atomic mass is 19.1. The van der Waals surface area contributed by atoms with Gasteiger partial charge >= 0.3 is 0 Å². The molecule has 0 atom stereocenters. The van der Waals surface area contributed by atoms with Gasteiger partial charge in [-0.05, 0) is 29.8 Å². The second-order valence-electron chi connectivity index (χ2n) is 3.63. The van der Waals surface area contributed by atoms with E-state index < -0.39 is 0 Å². The molecule has 0 fully saturated rings. The lowest BCUT2D eigenvalue weighted by Gasteiger charge is -1.98. The molecule has 82 valence electrons. The maximum absolute atomic E-state index is 12.9. The summed E-state index contributed by atoms with van der Waals surface area (Å²) in [6, 6.07) is 9.69. The van der Waals surface area contributed by atoms with Crippen molar-refractivity contribution in [2.45, 2.75) is 13.3 Å². The molecule has 0 aliphatic heterocycles. The number of halogens is 1. The smallest absolute Gasteiger partial charge is 0.194 e. The van der Waals surface area contributed by atoms with Crippen LogP contribution >= 0.6 is 0 Å². The lowest BCUT2D eigenvalue weighted by molar-refractivity contribution is 0.0985. The fourth-order valence-electron chi connectivity index (χ4n) is 1.51. The van der Waals surface area contributed by atoms with E-state index in [4.69, 9.17) is 4.42 Å². The summed E-state index contributed by atoms with van der Waals surface area (Å²) in [7, 11) is 0. The molecule has 1 aromatic heterocycles. The first-order valence-electron chi connectivity index (χ1n) is 4.99. The molecule has 2 nitrogen and oxygen atoms in total. The first-order valence-corrected chi connectivity index (χ1v) is 4.99. The highest BCUT2D eigenvalue weighted by Crippen LogP contribution is 2.14. The van der Waals surface area contributed by atoms with Crippen LogP contribution in [0.2, 0.25) is 0 Å². The molecule has 2 aromatic rings. The minimum absolute atomic E-state index is 0.106. The van der Waals surface area contributed by atoms with E-state index in [-0.39, 0.29) is 11.6 Å². The van der Waals surface area contributed by atoms with Gasteiger partial charge in [0.2, 0.25) is 0 Å². The molecule has 2 rings (SSSR count). The van der Waals surface area contributed by atoms with Crippen molar-refractivity contribution in [1.82, 2.24) is 0 Å². The summed E-state index contributed by atoms with van der Waals surface area (Å²) in [5.74, 6) is 0.628. The van der Waals surface area contributed by atoms with E-state index in [9.17, 15) is 9.18 Å². The molecule has 16 heavy (non-hydrogen) atoms. The highest BCUT2D eigenvalue weighted by molar-refractivity contribution is 5.91. The monoisotopic (exact) mass is 218 g/mol. The number of carbonyl (C=O) groups is 1. The number of rotatable bonds is 3. The van der Waals surface area contributed by atoms with Gasteiger partial charge in [0.15, 0.2) is 11.5 Å². The maximum Gasteiger partial charge on any atom is 0.194 e. The third-order valence-electron chi connectivity index (χ3n) is 2.28. The molecule has 0 unspecified atom stereocenters. The molecule has 0 spiro atoms. The van der Waals surface area contributed by atoms with Crippen LogP contribution in [0.15, 0.2) is 40.8 Å². The maximum atomic E-state index is 12.9. The van der Waals surface area contributed by atoms with Gasteiger partial charge in [-0.15, -0.1) is 0 Å². The average molecular weight is 218 g/mol. The number of furan rings is 1. The fraction of sp³-hybridized carbons (Fsp3) is 0.154. The molecule has 0 aliphatic rings. The molecule has 1 heterocycles. The Bertz CT molecular complexity index is 514. The molecular weight excluding hydrogens is 207 g/mol. The van der Waals surface area contributed by atoms with Crippen LogP contribution in [0.25, 0.3) is 0 Å². The first kappa shape index (κ1) is 10.6. The van der Waals surface area contributed by atoms with Crippen molar-refractivity contribution in [2.75, 3.05) is 0 Å². The van der Waals surface area contributed by atoms with Gasteiger partial charge in [0.25, 0.3) is 0 Å². The van der Waals surface area contributed by atoms with Crippen LogP contribution in [0.1, 0.15) is 28.8 Å². The van der Waals surface area contributed by atoms with Gasteiger partial charge in [0.05, 0.1) is 0 Å². The lowest BCUT2D eigenvalue weighted by atomic mass is 10.1. The van der Waals surface area contributed by atoms with Gasteiger partial charge in [-0.25, -0.2) is 4.39 Å². The van der Waals surface area contributed by atoms with Gasteiger partial charge in [0.1, 0.15) is 11.6 Å². The number of hydrogen-bond donors (Lipinski definition) is 0. The molecule has 3 heteroatoms. The topological polar surface area (TPSA) is 30.2 Å². The average Bonchev–Trinajstić information content (AvgIpc) is 2.66.